The van der Waals surface area contributed by atoms with Gasteiger partial charge in [0, 0.05) is 19.3 Å². The average molecular weight is 192 g/mol. The maximum Gasteiger partial charge on any atom is 0.0640 e. The minimum atomic E-state index is 0.633. The van der Waals surface area contributed by atoms with E-state index in [1.54, 1.807) is 0 Å². The molecule has 0 aromatic rings. The van der Waals surface area contributed by atoms with E-state index in [1.165, 1.54) is 44.2 Å². The Morgan fingerprint density at radius 3 is 2.93 bits per heavy atom. The summed E-state index contributed by atoms with van der Waals surface area (Å²) in [6.45, 7) is 0.877. The SMILES string of the molecule is CN(CCC#N)/C1=C/CCCCCC1. The lowest BCUT2D eigenvalue weighted by molar-refractivity contribution is 0.396. The van der Waals surface area contributed by atoms with Crippen LogP contribution >= 0.6 is 0 Å². The standard InChI is InChI=1S/C12H20N2/c1-14(11-7-10-13)12-8-5-3-2-4-6-9-12/h8H,2-7,9,11H2,1H3/b12-8+. The summed E-state index contributed by atoms with van der Waals surface area (Å²) in [7, 11) is 2.10. The molecule has 0 saturated carbocycles. The van der Waals surface area contributed by atoms with Crippen LogP contribution in [0.5, 0.6) is 0 Å². The zero-order valence-electron chi connectivity index (χ0n) is 9.13. The van der Waals surface area contributed by atoms with Crippen molar-refractivity contribution in [2.24, 2.45) is 0 Å². The predicted molar refractivity (Wildman–Crippen MR) is 58.6 cm³/mol. The third-order valence-electron chi connectivity index (χ3n) is 2.82. The fourth-order valence-corrected chi connectivity index (χ4v) is 1.88. The Bertz CT molecular complexity index is 225. The Labute approximate surface area is 87.2 Å². The molecule has 0 N–H and O–H groups in total. The van der Waals surface area contributed by atoms with E-state index in [-0.39, 0.29) is 0 Å². The third-order valence-corrected chi connectivity index (χ3v) is 2.82. The van der Waals surface area contributed by atoms with Crippen LogP contribution in [0.3, 0.4) is 0 Å². The van der Waals surface area contributed by atoms with E-state index in [2.05, 4.69) is 24.1 Å². The fourth-order valence-electron chi connectivity index (χ4n) is 1.88. The zero-order valence-corrected chi connectivity index (χ0v) is 9.13. The predicted octanol–water partition coefficient (Wildman–Crippen LogP) is 3.07. The van der Waals surface area contributed by atoms with Gasteiger partial charge in [-0.05, 0) is 25.7 Å². The van der Waals surface area contributed by atoms with Gasteiger partial charge in [-0.15, -0.1) is 0 Å². The van der Waals surface area contributed by atoms with Crippen molar-refractivity contribution in [3.63, 3.8) is 0 Å². The first-order valence-electron chi connectivity index (χ1n) is 5.61. The average Bonchev–Trinajstić information content (AvgIpc) is 2.13. The highest BCUT2D eigenvalue weighted by molar-refractivity contribution is 5.01. The Balaban J connectivity index is 2.42. The van der Waals surface area contributed by atoms with Crippen LogP contribution in [-0.4, -0.2) is 18.5 Å². The van der Waals surface area contributed by atoms with Crippen molar-refractivity contribution in [1.82, 2.24) is 4.90 Å². The maximum atomic E-state index is 8.52. The first kappa shape index (κ1) is 11.1. The van der Waals surface area contributed by atoms with Gasteiger partial charge in [-0.2, -0.15) is 5.26 Å². The molecule has 0 radical (unpaired) electrons. The molecular formula is C12H20N2. The van der Waals surface area contributed by atoms with Crippen molar-refractivity contribution in [2.45, 2.75) is 44.9 Å². The van der Waals surface area contributed by atoms with Crippen LogP contribution < -0.4 is 0 Å². The van der Waals surface area contributed by atoms with Gasteiger partial charge in [0.25, 0.3) is 0 Å². The molecule has 0 bridgehead atoms. The second-order valence-corrected chi connectivity index (χ2v) is 3.98. The number of hydrogen-bond donors (Lipinski definition) is 0. The number of nitriles is 1. The normalized spacial score (nSPS) is 21.3. The van der Waals surface area contributed by atoms with E-state index in [4.69, 9.17) is 5.26 Å². The second kappa shape index (κ2) is 6.48. The highest BCUT2D eigenvalue weighted by Crippen LogP contribution is 2.18. The molecular weight excluding hydrogens is 172 g/mol. The lowest BCUT2D eigenvalue weighted by Crippen LogP contribution is -2.19. The van der Waals surface area contributed by atoms with Crippen molar-refractivity contribution in [3.05, 3.63) is 11.8 Å². The monoisotopic (exact) mass is 192 g/mol. The molecule has 78 valence electrons. The van der Waals surface area contributed by atoms with Crippen molar-refractivity contribution in [1.29, 1.82) is 5.26 Å². The van der Waals surface area contributed by atoms with Gasteiger partial charge in [0.1, 0.15) is 0 Å². The van der Waals surface area contributed by atoms with Gasteiger partial charge in [0.2, 0.25) is 0 Å². The molecule has 0 amide bonds. The van der Waals surface area contributed by atoms with E-state index in [0.29, 0.717) is 6.42 Å². The van der Waals surface area contributed by atoms with Crippen LogP contribution in [0, 0.1) is 11.3 Å². The second-order valence-electron chi connectivity index (χ2n) is 3.98. The highest BCUT2D eigenvalue weighted by Gasteiger charge is 2.06. The molecule has 1 rings (SSSR count). The van der Waals surface area contributed by atoms with E-state index in [1.807, 2.05) is 0 Å². The summed E-state index contributed by atoms with van der Waals surface area (Å²) >= 11 is 0. The summed E-state index contributed by atoms with van der Waals surface area (Å²) in [5, 5.41) is 8.52. The molecule has 1 aliphatic rings. The first-order chi connectivity index (χ1) is 6.84. The van der Waals surface area contributed by atoms with E-state index in [9.17, 15) is 0 Å². The maximum absolute atomic E-state index is 8.52. The van der Waals surface area contributed by atoms with Gasteiger partial charge >= 0.3 is 0 Å². The summed E-state index contributed by atoms with van der Waals surface area (Å²) in [5.41, 5.74) is 1.44. The topological polar surface area (TPSA) is 27.0 Å². The van der Waals surface area contributed by atoms with E-state index < -0.39 is 0 Å². The van der Waals surface area contributed by atoms with Gasteiger partial charge in [0.05, 0.1) is 12.5 Å². The zero-order chi connectivity index (χ0) is 10.2. The lowest BCUT2D eigenvalue weighted by atomic mass is 10.0. The molecule has 14 heavy (non-hydrogen) atoms. The Hall–Kier alpha value is -0.970. The summed E-state index contributed by atoms with van der Waals surface area (Å²) in [6.07, 6.45) is 10.8. The van der Waals surface area contributed by atoms with Crippen LogP contribution in [0.15, 0.2) is 11.8 Å². The summed E-state index contributed by atoms with van der Waals surface area (Å²) in [5.74, 6) is 0. The van der Waals surface area contributed by atoms with Crippen molar-refractivity contribution < 1.29 is 0 Å². The summed E-state index contributed by atoms with van der Waals surface area (Å²) in [4.78, 5) is 2.24. The van der Waals surface area contributed by atoms with Crippen molar-refractivity contribution in [2.75, 3.05) is 13.6 Å². The third kappa shape index (κ3) is 3.83. The molecule has 0 heterocycles. The van der Waals surface area contributed by atoms with E-state index >= 15 is 0 Å². The minimum absolute atomic E-state index is 0.633. The molecule has 0 aromatic carbocycles. The molecule has 0 saturated heterocycles. The van der Waals surface area contributed by atoms with Gasteiger partial charge in [-0.3, -0.25) is 0 Å². The Morgan fingerprint density at radius 2 is 2.14 bits per heavy atom. The molecule has 0 aromatic heterocycles. The van der Waals surface area contributed by atoms with Crippen LogP contribution in [0.1, 0.15) is 44.9 Å². The number of rotatable bonds is 3. The molecule has 2 nitrogen and oxygen atoms in total. The van der Waals surface area contributed by atoms with E-state index in [0.717, 1.165) is 6.54 Å². The number of allylic oxidation sites excluding steroid dienone is 2. The van der Waals surface area contributed by atoms with Gasteiger partial charge < -0.3 is 4.90 Å². The van der Waals surface area contributed by atoms with Crippen LogP contribution in [0.2, 0.25) is 0 Å². The lowest BCUT2D eigenvalue weighted by Gasteiger charge is -2.23. The van der Waals surface area contributed by atoms with Gasteiger partial charge in [-0.1, -0.05) is 18.9 Å². The highest BCUT2D eigenvalue weighted by atomic mass is 15.1. The molecule has 1 aliphatic carbocycles. The van der Waals surface area contributed by atoms with Crippen LogP contribution in [-0.2, 0) is 0 Å². The van der Waals surface area contributed by atoms with Crippen molar-refractivity contribution in [3.8, 4) is 6.07 Å². The quantitative estimate of drug-likeness (QED) is 0.687. The molecule has 2 heteroatoms. The van der Waals surface area contributed by atoms with Crippen LogP contribution in [0.4, 0.5) is 0 Å². The molecule has 0 atom stereocenters. The largest absolute Gasteiger partial charge is 0.377 e. The van der Waals surface area contributed by atoms with Gasteiger partial charge in [-0.25, -0.2) is 0 Å². The Morgan fingerprint density at radius 1 is 1.36 bits per heavy atom. The van der Waals surface area contributed by atoms with Gasteiger partial charge in [0.15, 0.2) is 0 Å². The fraction of sp³-hybridized carbons (Fsp3) is 0.750. The Kier molecular flexibility index (Phi) is 5.14. The number of nitrogens with zero attached hydrogens (tertiary/aromatic N) is 2. The minimum Gasteiger partial charge on any atom is -0.377 e. The van der Waals surface area contributed by atoms with Crippen molar-refractivity contribution >= 4 is 0 Å². The first-order valence-corrected chi connectivity index (χ1v) is 5.61. The smallest absolute Gasteiger partial charge is 0.0640 e. The summed E-state index contributed by atoms with van der Waals surface area (Å²) in [6, 6.07) is 2.20. The van der Waals surface area contributed by atoms with Crippen LogP contribution in [0.25, 0.3) is 0 Å². The molecule has 0 unspecified atom stereocenters. The summed E-state index contributed by atoms with van der Waals surface area (Å²) < 4.78 is 0. The molecule has 0 spiro atoms. The molecule has 0 aliphatic heterocycles. The molecule has 0 fully saturated rings. The number of hydrogen-bond acceptors (Lipinski definition) is 2.